The lowest BCUT2D eigenvalue weighted by atomic mass is 10.0. The SMILES string of the molecule is CC1(c2cccs2)NC(=O)N(CC(=O)N(CCC#N)c2ccccc2)C1=O. The normalized spacial score (nSPS) is 18.9. The smallest absolute Gasteiger partial charge is 0.319 e. The first-order valence-electron chi connectivity index (χ1n) is 8.38. The molecular formula is C19H18N4O3S. The number of carbonyl (C=O) groups excluding carboxylic acids is 3. The van der Waals surface area contributed by atoms with Crippen molar-refractivity contribution >= 4 is 34.9 Å². The van der Waals surface area contributed by atoms with Gasteiger partial charge in [-0.2, -0.15) is 5.26 Å². The molecule has 138 valence electrons. The van der Waals surface area contributed by atoms with E-state index in [4.69, 9.17) is 5.26 Å². The maximum Gasteiger partial charge on any atom is 0.325 e. The van der Waals surface area contributed by atoms with Gasteiger partial charge in [-0.1, -0.05) is 24.3 Å². The number of anilines is 1. The maximum atomic E-state index is 12.9. The second-order valence-corrected chi connectivity index (χ2v) is 7.16. The van der Waals surface area contributed by atoms with Gasteiger partial charge in [0.25, 0.3) is 5.91 Å². The molecule has 1 atom stereocenters. The van der Waals surface area contributed by atoms with E-state index in [1.165, 1.54) is 16.2 Å². The van der Waals surface area contributed by atoms with Crippen molar-refractivity contribution in [3.05, 3.63) is 52.7 Å². The van der Waals surface area contributed by atoms with Crippen molar-refractivity contribution in [2.75, 3.05) is 18.0 Å². The monoisotopic (exact) mass is 382 g/mol. The van der Waals surface area contributed by atoms with E-state index in [1.807, 2.05) is 17.5 Å². The van der Waals surface area contributed by atoms with Crippen molar-refractivity contribution in [2.24, 2.45) is 0 Å². The Morgan fingerprint density at radius 3 is 2.63 bits per heavy atom. The van der Waals surface area contributed by atoms with Crippen molar-refractivity contribution in [1.29, 1.82) is 5.26 Å². The summed E-state index contributed by atoms with van der Waals surface area (Å²) in [6.45, 7) is 1.44. The number of nitrogens with zero attached hydrogens (tertiary/aromatic N) is 3. The minimum atomic E-state index is -1.17. The van der Waals surface area contributed by atoms with Crippen LogP contribution in [0.25, 0.3) is 0 Å². The molecule has 1 aliphatic heterocycles. The van der Waals surface area contributed by atoms with Crippen molar-refractivity contribution in [2.45, 2.75) is 18.9 Å². The molecule has 1 aromatic carbocycles. The summed E-state index contributed by atoms with van der Waals surface area (Å²) in [6.07, 6.45) is 0.147. The Balaban J connectivity index is 1.80. The lowest BCUT2D eigenvalue weighted by Crippen LogP contribution is -2.44. The van der Waals surface area contributed by atoms with E-state index in [2.05, 4.69) is 5.32 Å². The number of hydrogen-bond donors (Lipinski definition) is 1. The molecule has 0 radical (unpaired) electrons. The fourth-order valence-corrected chi connectivity index (χ4v) is 3.79. The molecule has 4 amide bonds. The molecule has 1 fully saturated rings. The summed E-state index contributed by atoms with van der Waals surface area (Å²) < 4.78 is 0. The summed E-state index contributed by atoms with van der Waals surface area (Å²) in [5.41, 5.74) is -0.554. The Kier molecular flexibility index (Phi) is 5.23. The average molecular weight is 382 g/mol. The first-order valence-corrected chi connectivity index (χ1v) is 9.26. The number of nitrogens with one attached hydrogen (secondary N) is 1. The summed E-state index contributed by atoms with van der Waals surface area (Å²) in [5, 5.41) is 13.4. The molecule has 1 aliphatic rings. The molecule has 2 aromatic rings. The van der Waals surface area contributed by atoms with Gasteiger partial charge in [-0.05, 0) is 30.5 Å². The number of urea groups is 1. The fraction of sp³-hybridized carbons (Fsp3) is 0.263. The lowest BCUT2D eigenvalue weighted by Gasteiger charge is -2.24. The van der Waals surface area contributed by atoms with Crippen LogP contribution in [0.4, 0.5) is 10.5 Å². The Labute approximate surface area is 160 Å². The molecule has 1 N–H and O–H groups in total. The van der Waals surface area contributed by atoms with Crippen LogP contribution in [-0.2, 0) is 15.1 Å². The molecule has 0 aliphatic carbocycles. The highest BCUT2D eigenvalue weighted by molar-refractivity contribution is 7.10. The zero-order valence-corrected chi connectivity index (χ0v) is 15.5. The van der Waals surface area contributed by atoms with Crippen LogP contribution < -0.4 is 10.2 Å². The summed E-state index contributed by atoms with van der Waals surface area (Å²) in [7, 11) is 0. The van der Waals surface area contributed by atoms with Gasteiger partial charge in [0, 0.05) is 17.1 Å². The van der Waals surface area contributed by atoms with Gasteiger partial charge in [-0.25, -0.2) is 4.79 Å². The first-order chi connectivity index (χ1) is 13.0. The molecule has 0 saturated carbocycles. The maximum absolute atomic E-state index is 12.9. The molecule has 3 rings (SSSR count). The quantitative estimate of drug-likeness (QED) is 0.777. The second-order valence-electron chi connectivity index (χ2n) is 6.21. The number of benzene rings is 1. The van der Waals surface area contributed by atoms with Crippen LogP contribution in [0.3, 0.4) is 0 Å². The van der Waals surface area contributed by atoms with Crippen LogP contribution in [0.1, 0.15) is 18.2 Å². The topological polar surface area (TPSA) is 93.5 Å². The van der Waals surface area contributed by atoms with Crippen LogP contribution in [0.2, 0.25) is 0 Å². The number of thiophene rings is 1. The minimum Gasteiger partial charge on any atom is -0.319 e. The number of hydrogen-bond acceptors (Lipinski definition) is 5. The van der Waals surface area contributed by atoms with Crippen molar-refractivity contribution in [3.63, 3.8) is 0 Å². The fourth-order valence-electron chi connectivity index (χ4n) is 2.96. The van der Waals surface area contributed by atoms with Crippen molar-refractivity contribution in [1.82, 2.24) is 10.2 Å². The van der Waals surface area contributed by atoms with Crippen LogP contribution >= 0.6 is 11.3 Å². The molecule has 0 bridgehead atoms. The predicted molar refractivity (Wildman–Crippen MR) is 101 cm³/mol. The van der Waals surface area contributed by atoms with E-state index in [9.17, 15) is 14.4 Å². The van der Waals surface area contributed by atoms with E-state index in [-0.39, 0.29) is 19.5 Å². The molecule has 2 heterocycles. The van der Waals surface area contributed by atoms with Crippen molar-refractivity contribution in [3.8, 4) is 6.07 Å². The lowest BCUT2D eigenvalue weighted by molar-refractivity contribution is -0.134. The molecule has 1 aromatic heterocycles. The number of para-hydroxylation sites is 1. The molecule has 27 heavy (non-hydrogen) atoms. The van der Waals surface area contributed by atoms with Gasteiger partial charge < -0.3 is 10.2 Å². The molecule has 1 saturated heterocycles. The summed E-state index contributed by atoms with van der Waals surface area (Å²) in [4.78, 5) is 41.2. The Morgan fingerprint density at radius 1 is 1.26 bits per heavy atom. The van der Waals surface area contributed by atoms with Gasteiger partial charge in [0.05, 0.1) is 12.5 Å². The molecule has 8 heteroatoms. The third-order valence-electron chi connectivity index (χ3n) is 4.40. The van der Waals surface area contributed by atoms with Crippen molar-refractivity contribution < 1.29 is 14.4 Å². The Morgan fingerprint density at radius 2 is 2.00 bits per heavy atom. The standard InChI is InChI=1S/C19H18N4O3S/c1-19(15-9-5-12-27-15)17(25)23(18(26)21-19)13-16(24)22(11-6-10-20)14-7-3-2-4-8-14/h2-5,7-9,12H,6,11,13H2,1H3,(H,21,26). The van der Waals surface area contributed by atoms with Gasteiger partial charge in [0.2, 0.25) is 5.91 Å². The zero-order valence-electron chi connectivity index (χ0n) is 14.7. The van der Waals surface area contributed by atoms with Gasteiger partial charge in [-0.3, -0.25) is 14.5 Å². The second kappa shape index (κ2) is 7.60. The van der Waals surface area contributed by atoms with E-state index in [0.29, 0.717) is 10.6 Å². The number of imide groups is 1. The van der Waals surface area contributed by atoms with E-state index < -0.39 is 23.4 Å². The predicted octanol–water partition coefficient (Wildman–Crippen LogP) is 2.46. The summed E-state index contributed by atoms with van der Waals surface area (Å²) >= 11 is 1.37. The molecule has 7 nitrogen and oxygen atoms in total. The number of nitriles is 1. The Bertz CT molecular complexity index is 891. The third kappa shape index (κ3) is 3.55. The van der Waals surface area contributed by atoms with Gasteiger partial charge in [0.1, 0.15) is 6.54 Å². The zero-order chi connectivity index (χ0) is 19.4. The van der Waals surface area contributed by atoms with Gasteiger partial charge in [-0.15, -0.1) is 11.3 Å². The first kappa shape index (κ1) is 18.6. The average Bonchev–Trinajstić information content (AvgIpc) is 3.28. The van der Waals surface area contributed by atoms with Gasteiger partial charge in [0.15, 0.2) is 5.54 Å². The number of carbonyl (C=O) groups is 3. The van der Waals surface area contributed by atoms with Crippen LogP contribution in [0.5, 0.6) is 0 Å². The molecule has 0 spiro atoms. The van der Waals surface area contributed by atoms with E-state index in [1.54, 1.807) is 43.3 Å². The van der Waals surface area contributed by atoms with E-state index in [0.717, 1.165) is 4.90 Å². The highest BCUT2D eigenvalue weighted by atomic mass is 32.1. The highest BCUT2D eigenvalue weighted by Gasteiger charge is 2.50. The third-order valence-corrected chi connectivity index (χ3v) is 5.49. The van der Waals surface area contributed by atoms with Crippen LogP contribution in [-0.4, -0.2) is 35.8 Å². The highest BCUT2D eigenvalue weighted by Crippen LogP contribution is 2.31. The summed E-state index contributed by atoms with van der Waals surface area (Å²) in [6, 6.07) is 13.9. The minimum absolute atomic E-state index is 0.147. The summed E-state index contributed by atoms with van der Waals surface area (Å²) in [5.74, 6) is -0.882. The largest absolute Gasteiger partial charge is 0.325 e. The van der Waals surface area contributed by atoms with Gasteiger partial charge >= 0.3 is 6.03 Å². The Hall–Kier alpha value is -3.18. The van der Waals surface area contributed by atoms with Crippen LogP contribution in [0.15, 0.2) is 47.8 Å². The van der Waals surface area contributed by atoms with Crippen LogP contribution in [0, 0.1) is 11.3 Å². The number of rotatable bonds is 6. The molecular weight excluding hydrogens is 364 g/mol. The molecule has 1 unspecified atom stereocenters. The number of amides is 4. The van der Waals surface area contributed by atoms with E-state index >= 15 is 0 Å².